The second kappa shape index (κ2) is 4.61. The fourth-order valence-electron chi connectivity index (χ4n) is 0.152. The predicted octanol–water partition coefficient (Wildman–Crippen LogP) is 1.50. The van der Waals surface area contributed by atoms with E-state index < -0.39 is 7.92 Å². The van der Waals surface area contributed by atoms with Gasteiger partial charge in [-0.15, -0.1) is 12.8 Å². The number of terminal acetylenes is 2. The van der Waals surface area contributed by atoms with Gasteiger partial charge < -0.3 is 0 Å². The van der Waals surface area contributed by atoms with Crippen LogP contribution in [0.15, 0.2) is 0 Å². The lowest BCUT2D eigenvalue weighted by Gasteiger charge is -1.81. The van der Waals surface area contributed by atoms with Gasteiger partial charge in [-0.2, -0.15) is 0 Å². The zero-order chi connectivity index (χ0) is 6.41. The summed E-state index contributed by atoms with van der Waals surface area (Å²) in [5.74, 6) is 0. The molecular formula is C6H3PS. The fraction of sp³-hybridized carbons (Fsp3) is 0. The Balaban J connectivity index is 3.95. The molecule has 0 aliphatic heterocycles. The summed E-state index contributed by atoms with van der Waals surface area (Å²) in [7, 11) is -0.938. The van der Waals surface area contributed by atoms with Crippen LogP contribution in [0.5, 0.6) is 0 Å². The lowest BCUT2D eigenvalue weighted by Crippen LogP contribution is -1.51. The van der Waals surface area contributed by atoms with Crippen molar-refractivity contribution < 1.29 is 0 Å². The van der Waals surface area contributed by atoms with E-state index in [1.54, 1.807) is 0 Å². The van der Waals surface area contributed by atoms with Crippen LogP contribution in [-0.2, 0) is 0 Å². The summed E-state index contributed by atoms with van der Waals surface area (Å²) in [6.07, 6.45) is 9.94. The van der Waals surface area contributed by atoms with Gasteiger partial charge in [0.1, 0.15) is 7.92 Å². The molecule has 2 heteroatoms. The maximum absolute atomic E-state index is 4.97. The summed E-state index contributed by atoms with van der Waals surface area (Å²) < 4.78 is 0. The van der Waals surface area contributed by atoms with Gasteiger partial charge in [0.25, 0.3) is 0 Å². The van der Waals surface area contributed by atoms with E-state index in [2.05, 4.69) is 34.9 Å². The Kier molecular flexibility index (Phi) is 4.30. The SMILES string of the molecule is C#CP(C#C)C#CS. The second-order valence-corrected chi connectivity index (χ2v) is 2.45. The summed E-state index contributed by atoms with van der Waals surface area (Å²) in [5, 5.41) is 2.36. The van der Waals surface area contributed by atoms with Crippen LogP contribution in [-0.4, -0.2) is 0 Å². The van der Waals surface area contributed by atoms with E-state index in [-0.39, 0.29) is 0 Å². The molecule has 0 radical (unpaired) electrons. The molecule has 38 valence electrons. The topological polar surface area (TPSA) is 0 Å². The van der Waals surface area contributed by atoms with E-state index in [9.17, 15) is 0 Å². The van der Waals surface area contributed by atoms with Crippen LogP contribution in [0.2, 0.25) is 0 Å². The third-order valence-electron chi connectivity index (χ3n) is 0.420. The molecule has 0 N–H and O–H groups in total. The lowest BCUT2D eigenvalue weighted by atomic mass is 11.3. The molecule has 0 unspecified atom stereocenters. The first kappa shape index (κ1) is 7.46. The van der Waals surface area contributed by atoms with Crippen molar-refractivity contribution in [3.8, 4) is 35.1 Å². The van der Waals surface area contributed by atoms with E-state index in [4.69, 9.17) is 12.8 Å². The monoisotopic (exact) mass is 138 g/mol. The van der Waals surface area contributed by atoms with Gasteiger partial charge in [0.2, 0.25) is 0 Å². The van der Waals surface area contributed by atoms with Gasteiger partial charge >= 0.3 is 0 Å². The Morgan fingerprint density at radius 3 is 1.88 bits per heavy atom. The molecular weight excluding hydrogens is 135 g/mol. The number of thiol groups is 1. The maximum Gasteiger partial charge on any atom is 0.127 e. The molecule has 0 amide bonds. The van der Waals surface area contributed by atoms with Crippen molar-refractivity contribution in [2.75, 3.05) is 0 Å². The zero-order valence-corrected chi connectivity index (χ0v) is 5.84. The first-order valence-electron chi connectivity index (χ1n) is 1.72. The molecule has 0 aromatic heterocycles. The molecule has 0 heterocycles. The highest BCUT2D eigenvalue weighted by molar-refractivity contribution is 7.86. The summed E-state index contributed by atoms with van der Waals surface area (Å²) in [4.78, 5) is 0. The third kappa shape index (κ3) is 2.60. The van der Waals surface area contributed by atoms with Crippen LogP contribution in [0.3, 0.4) is 0 Å². The Bertz CT molecular complexity index is 181. The Morgan fingerprint density at radius 2 is 1.75 bits per heavy atom. The van der Waals surface area contributed by atoms with Gasteiger partial charge in [0.05, 0.1) is 0 Å². The highest BCUT2D eigenvalue weighted by Gasteiger charge is 1.87. The average Bonchev–Trinajstić information content (AvgIpc) is 1.83. The largest absolute Gasteiger partial charge is 0.127 e. The van der Waals surface area contributed by atoms with E-state index in [0.29, 0.717) is 0 Å². The molecule has 0 aliphatic carbocycles. The van der Waals surface area contributed by atoms with Crippen LogP contribution >= 0.6 is 20.6 Å². The minimum Gasteiger partial charge on any atom is -0.113 e. The van der Waals surface area contributed by atoms with Crippen molar-refractivity contribution in [1.29, 1.82) is 0 Å². The Hall–Kier alpha value is -0.540. The van der Waals surface area contributed by atoms with Gasteiger partial charge in [-0.25, -0.2) is 0 Å². The molecule has 0 aliphatic rings. The van der Waals surface area contributed by atoms with Crippen LogP contribution in [0.4, 0.5) is 0 Å². The second-order valence-electron chi connectivity index (χ2n) is 0.817. The van der Waals surface area contributed by atoms with Gasteiger partial charge in [-0.1, -0.05) is 24.0 Å². The summed E-state index contributed by atoms with van der Waals surface area (Å²) in [5.41, 5.74) is 7.31. The van der Waals surface area contributed by atoms with Crippen molar-refractivity contribution in [3.05, 3.63) is 0 Å². The Morgan fingerprint density at radius 1 is 1.25 bits per heavy atom. The molecule has 0 atom stereocenters. The van der Waals surface area contributed by atoms with Gasteiger partial charge in [-0.3, -0.25) is 0 Å². The molecule has 0 rings (SSSR count). The van der Waals surface area contributed by atoms with Crippen LogP contribution in [0.1, 0.15) is 0 Å². The van der Waals surface area contributed by atoms with Crippen molar-refractivity contribution in [2.45, 2.75) is 0 Å². The van der Waals surface area contributed by atoms with Crippen LogP contribution < -0.4 is 0 Å². The van der Waals surface area contributed by atoms with E-state index in [1.165, 1.54) is 0 Å². The minimum atomic E-state index is -0.938. The molecule has 8 heavy (non-hydrogen) atoms. The first-order valence-corrected chi connectivity index (χ1v) is 3.51. The van der Waals surface area contributed by atoms with Gasteiger partial charge in [-0.05, 0) is 10.9 Å². The molecule has 0 saturated heterocycles. The van der Waals surface area contributed by atoms with Crippen molar-refractivity contribution in [2.24, 2.45) is 0 Å². The highest BCUT2D eigenvalue weighted by atomic mass is 32.1. The normalized spacial score (nSPS) is 6.00. The predicted molar refractivity (Wildman–Crippen MR) is 41.3 cm³/mol. The first-order chi connectivity index (χ1) is 3.85. The van der Waals surface area contributed by atoms with Crippen LogP contribution in [0, 0.1) is 35.1 Å². The molecule has 0 bridgehead atoms. The van der Waals surface area contributed by atoms with Gasteiger partial charge in [0, 0.05) is 0 Å². The van der Waals surface area contributed by atoms with Gasteiger partial charge in [0.15, 0.2) is 0 Å². The van der Waals surface area contributed by atoms with Crippen molar-refractivity contribution >= 4 is 20.6 Å². The maximum atomic E-state index is 4.97. The Labute approximate surface area is 56.2 Å². The molecule has 0 nitrogen and oxygen atoms in total. The summed E-state index contributed by atoms with van der Waals surface area (Å²) in [6, 6.07) is 0. The molecule has 0 aromatic rings. The summed E-state index contributed by atoms with van der Waals surface area (Å²) in [6.45, 7) is 0. The van der Waals surface area contributed by atoms with E-state index in [0.717, 1.165) is 0 Å². The quantitative estimate of drug-likeness (QED) is 0.292. The number of hydrogen-bond acceptors (Lipinski definition) is 1. The van der Waals surface area contributed by atoms with E-state index >= 15 is 0 Å². The smallest absolute Gasteiger partial charge is 0.113 e. The van der Waals surface area contributed by atoms with Crippen molar-refractivity contribution in [1.82, 2.24) is 0 Å². The average molecular weight is 138 g/mol. The highest BCUT2D eigenvalue weighted by Crippen LogP contribution is 2.28. The van der Waals surface area contributed by atoms with Crippen molar-refractivity contribution in [3.63, 3.8) is 0 Å². The van der Waals surface area contributed by atoms with Crippen LogP contribution in [0.25, 0.3) is 0 Å². The standard InChI is InChI=1S/C6H3PS/c1-3-7(4-2)5-6-8/h1-2,8H. The third-order valence-corrected chi connectivity index (χ3v) is 1.56. The minimum absolute atomic E-state index is 0.938. The molecule has 0 aromatic carbocycles. The zero-order valence-electron chi connectivity index (χ0n) is 4.05. The molecule has 0 saturated carbocycles. The molecule has 0 spiro atoms. The fourth-order valence-corrected chi connectivity index (χ4v) is 0.755. The molecule has 0 fully saturated rings. The van der Waals surface area contributed by atoms with E-state index in [1.807, 2.05) is 0 Å². The number of rotatable bonds is 0. The number of hydrogen-bond donors (Lipinski definition) is 1. The lowest BCUT2D eigenvalue weighted by molar-refractivity contribution is 2.82. The summed E-state index contributed by atoms with van der Waals surface area (Å²) >= 11 is 3.63.